The molecular formula is C37H54N4O12. The van der Waals surface area contributed by atoms with Gasteiger partial charge in [-0.25, -0.2) is 4.79 Å². The number of aromatic nitrogens is 2. The van der Waals surface area contributed by atoms with Crippen LogP contribution in [0.2, 0.25) is 0 Å². The number of aromatic amines is 1. The number of amidine groups is 1. The summed E-state index contributed by atoms with van der Waals surface area (Å²) in [6.45, 7) is 24.6. The minimum absolute atomic E-state index is 0.0511. The number of ether oxygens (including phenoxy) is 6. The van der Waals surface area contributed by atoms with Crippen LogP contribution in [0.5, 0.6) is 0 Å². The Hall–Kier alpha value is -4.28. The summed E-state index contributed by atoms with van der Waals surface area (Å²) in [6, 6.07) is 1.62. The van der Waals surface area contributed by atoms with Crippen molar-refractivity contribution in [3.63, 3.8) is 0 Å². The van der Waals surface area contributed by atoms with Gasteiger partial charge >= 0.3 is 23.6 Å². The van der Waals surface area contributed by atoms with Gasteiger partial charge in [-0.3, -0.25) is 33.6 Å². The van der Waals surface area contributed by atoms with Gasteiger partial charge in [-0.2, -0.15) is 4.99 Å². The predicted molar refractivity (Wildman–Crippen MR) is 191 cm³/mol. The molecule has 16 heteroatoms. The van der Waals surface area contributed by atoms with Gasteiger partial charge in [0.25, 0.3) is 11.6 Å². The molecule has 0 saturated carbocycles. The van der Waals surface area contributed by atoms with Gasteiger partial charge < -0.3 is 33.5 Å². The lowest BCUT2D eigenvalue weighted by Gasteiger charge is -2.32. The van der Waals surface area contributed by atoms with E-state index in [0.29, 0.717) is 11.7 Å². The molecule has 4 aliphatic heterocycles. The van der Waals surface area contributed by atoms with Gasteiger partial charge in [-0.15, -0.1) is 0 Å². The number of carbonyl (C=O) groups excluding carboxylic acids is 3. The number of fused-ring (bicyclic) bond motifs is 3. The van der Waals surface area contributed by atoms with Crippen LogP contribution in [-0.4, -0.2) is 92.4 Å². The SMILES string of the molecule is C=C1C=CN2C(=N1)O[C@@]1(C)[C@H](C)[C@@H](COC(=O)C(C)(C)C)O[C@@H]21.CC(C)(C)C(=O)OC[C@H]1O[C@@H](n2ccc(=O)[nH]c2=O)[C@@](C)(O)[C@@H]1OC(=O)C(C)(C)C. The zero-order valence-corrected chi connectivity index (χ0v) is 32.7. The van der Waals surface area contributed by atoms with E-state index < -0.39 is 69.1 Å². The fourth-order valence-corrected chi connectivity index (χ4v) is 5.79. The van der Waals surface area contributed by atoms with E-state index in [4.69, 9.17) is 28.4 Å². The van der Waals surface area contributed by atoms with Crippen molar-refractivity contribution in [2.45, 2.75) is 125 Å². The van der Waals surface area contributed by atoms with E-state index in [-0.39, 0.29) is 37.4 Å². The molecule has 2 N–H and O–H groups in total. The van der Waals surface area contributed by atoms with E-state index >= 15 is 0 Å². The van der Waals surface area contributed by atoms with Crippen LogP contribution in [0.4, 0.5) is 0 Å². The molecule has 5 heterocycles. The van der Waals surface area contributed by atoms with Crippen molar-refractivity contribution in [2.75, 3.05) is 13.2 Å². The molecule has 16 nitrogen and oxygen atoms in total. The van der Waals surface area contributed by atoms with Crippen LogP contribution in [-0.2, 0) is 42.8 Å². The molecule has 0 amide bonds. The van der Waals surface area contributed by atoms with Crippen molar-refractivity contribution in [1.29, 1.82) is 0 Å². The molecule has 0 radical (unpaired) electrons. The molecule has 8 atom stereocenters. The number of rotatable bonds is 6. The van der Waals surface area contributed by atoms with Crippen molar-refractivity contribution in [3.8, 4) is 0 Å². The minimum atomic E-state index is -1.86. The number of esters is 3. The Morgan fingerprint density at radius 3 is 1.96 bits per heavy atom. The monoisotopic (exact) mass is 746 g/mol. The van der Waals surface area contributed by atoms with E-state index in [9.17, 15) is 29.1 Å². The second-order valence-electron chi connectivity index (χ2n) is 17.3. The molecule has 0 unspecified atom stereocenters. The highest BCUT2D eigenvalue weighted by Gasteiger charge is 2.62. The number of aliphatic imine (C=N–C) groups is 1. The summed E-state index contributed by atoms with van der Waals surface area (Å²) in [5.41, 5.74) is -5.31. The van der Waals surface area contributed by atoms with Crippen molar-refractivity contribution >= 4 is 23.9 Å². The number of nitrogens with one attached hydrogen (secondary N) is 1. The van der Waals surface area contributed by atoms with Crippen LogP contribution < -0.4 is 11.2 Å². The van der Waals surface area contributed by atoms with Crippen LogP contribution in [0.25, 0.3) is 0 Å². The lowest BCUT2D eigenvalue weighted by molar-refractivity contribution is -0.175. The van der Waals surface area contributed by atoms with E-state index in [1.54, 1.807) is 41.5 Å². The van der Waals surface area contributed by atoms with Crippen LogP contribution >= 0.6 is 0 Å². The summed E-state index contributed by atoms with van der Waals surface area (Å²) in [5.74, 6) is -1.28. The number of hydrogen-bond donors (Lipinski definition) is 2. The molecular weight excluding hydrogens is 692 g/mol. The zero-order valence-electron chi connectivity index (χ0n) is 32.7. The molecule has 1 aromatic heterocycles. The van der Waals surface area contributed by atoms with Gasteiger partial charge in [-0.1, -0.05) is 13.5 Å². The number of allylic oxidation sites excluding steroid dienone is 1. The van der Waals surface area contributed by atoms with Gasteiger partial charge in [0.1, 0.15) is 31.0 Å². The Labute approximate surface area is 309 Å². The molecule has 3 saturated heterocycles. The highest BCUT2D eigenvalue weighted by molar-refractivity contribution is 5.81. The molecule has 0 aromatic carbocycles. The summed E-state index contributed by atoms with van der Waals surface area (Å²) < 4.78 is 35.3. The summed E-state index contributed by atoms with van der Waals surface area (Å²) in [6.07, 6.45) is 0.804. The van der Waals surface area contributed by atoms with Gasteiger partial charge in [0.2, 0.25) is 0 Å². The highest BCUT2D eigenvalue weighted by atomic mass is 16.6. The van der Waals surface area contributed by atoms with Crippen LogP contribution in [0.3, 0.4) is 0 Å². The first-order chi connectivity index (χ1) is 24.2. The van der Waals surface area contributed by atoms with Crippen molar-refractivity contribution in [2.24, 2.45) is 27.2 Å². The average molecular weight is 747 g/mol. The zero-order chi connectivity index (χ0) is 40.1. The average Bonchev–Trinajstić information content (AvgIpc) is 3.54. The molecule has 1 aromatic rings. The number of nitrogens with zero attached hydrogens (tertiary/aromatic N) is 3. The topological polar surface area (TPSA) is 197 Å². The Balaban J connectivity index is 0.000000244. The lowest BCUT2D eigenvalue weighted by atomic mass is 9.88. The molecule has 5 rings (SSSR count). The fraction of sp³-hybridized carbons (Fsp3) is 0.676. The smallest absolute Gasteiger partial charge is 0.330 e. The predicted octanol–water partition coefficient (Wildman–Crippen LogP) is 3.16. The Morgan fingerprint density at radius 1 is 0.906 bits per heavy atom. The Morgan fingerprint density at radius 2 is 1.43 bits per heavy atom. The maximum absolute atomic E-state index is 12.5. The standard InChI is InChI=1S/C20H30N2O8.C17H24N2O4/c1-18(2,3)15(24)28-10-11-13(30-16(25)19(4,5)6)20(7,27)14(29-11)22-9-8-12(23)21-17(22)26;1-10-7-8-19-13-17(6,23-15(19)18-10)11(2)12(22-13)9-21-14(20)16(3,4)5/h8-9,11,13-14,27H,10H2,1-7H3,(H,21,23,26);7-8,11-13H,1,9H2,2-6H3/t11-,13-,14-,20+;11-,12-,13-,17+/m11/s1. The molecule has 3 fully saturated rings. The molecule has 0 bridgehead atoms. The van der Waals surface area contributed by atoms with E-state index in [0.717, 1.165) is 10.6 Å². The third-order valence-electron chi connectivity index (χ3n) is 9.36. The van der Waals surface area contributed by atoms with Crippen molar-refractivity contribution in [1.82, 2.24) is 14.5 Å². The lowest BCUT2D eigenvalue weighted by Crippen LogP contribution is -2.50. The van der Waals surface area contributed by atoms with Crippen LogP contribution in [0.15, 0.2) is 51.4 Å². The van der Waals surface area contributed by atoms with Crippen LogP contribution in [0.1, 0.15) is 89.3 Å². The summed E-state index contributed by atoms with van der Waals surface area (Å²) in [5, 5.41) is 11.2. The second kappa shape index (κ2) is 14.5. The highest BCUT2D eigenvalue weighted by Crippen LogP contribution is 2.46. The minimum Gasteiger partial charge on any atom is -0.463 e. The summed E-state index contributed by atoms with van der Waals surface area (Å²) in [4.78, 5) is 68.5. The Kier molecular flexibility index (Phi) is 11.4. The van der Waals surface area contributed by atoms with Gasteiger partial charge in [-0.05, 0) is 82.2 Å². The van der Waals surface area contributed by atoms with E-state index in [2.05, 4.69) is 16.6 Å². The van der Waals surface area contributed by atoms with Gasteiger partial charge in [0.15, 0.2) is 24.2 Å². The fourth-order valence-electron chi connectivity index (χ4n) is 5.79. The van der Waals surface area contributed by atoms with Crippen molar-refractivity contribution < 1.29 is 47.9 Å². The van der Waals surface area contributed by atoms with Crippen LogP contribution in [0, 0.1) is 22.2 Å². The first-order valence-corrected chi connectivity index (χ1v) is 17.5. The molecule has 294 valence electrons. The maximum atomic E-state index is 12.5. The quantitative estimate of drug-likeness (QED) is 0.318. The first-order valence-electron chi connectivity index (χ1n) is 17.5. The van der Waals surface area contributed by atoms with Gasteiger partial charge in [0, 0.05) is 24.4 Å². The van der Waals surface area contributed by atoms with Crippen molar-refractivity contribution in [3.05, 3.63) is 57.7 Å². The second-order valence-corrected chi connectivity index (χ2v) is 17.3. The molecule has 53 heavy (non-hydrogen) atoms. The molecule has 0 spiro atoms. The van der Waals surface area contributed by atoms with Gasteiger partial charge in [0.05, 0.1) is 21.9 Å². The maximum Gasteiger partial charge on any atom is 0.330 e. The number of hydrogen-bond acceptors (Lipinski definition) is 14. The molecule has 0 aliphatic carbocycles. The number of H-pyrrole nitrogens is 1. The van der Waals surface area contributed by atoms with E-state index in [1.165, 1.54) is 13.1 Å². The molecule has 4 aliphatic rings. The third kappa shape index (κ3) is 8.76. The first kappa shape index (κ1) is 41.5. The Bertz CT molecular complexity index is 1770. The number of aliphatic hydroxyl groups is 1. The summed E-state index contributed by atoms with van der Waals surface area (Å²) in [7, 11) is 0. The number of carbonyl (C=O) groups is 3. The summed E-state index contributed by atoms with van der Waals surface area (Å²) >= 11 is 0. The normalized spacial score (nSPS) is 30.7. The third-order valence-corrected chi connectivity index (χ3v) is 9.36. The largest absolute Gasteiger partial charge is 0.463 e. The van der Waals surface area contributed by atoms with E-state index in [1.807, 2.05) is 51.8 Å².